The molecule has 5 heteroatoms. The van der Waals surface area contributed by atoms with Crippen LogP contribution in [0.4, 0.5) is 5.69 Å². The topological polar surface area (TPSA) is 55.8 Å². The van der Waals surface area contributed by atoms with Crippen LogP contribution in [0.25, 0.3) is 0 Å². The molecule has 1 saturated heterocycles. The van der Waals surface area contributed by atoms with E-state index in [4.69, 9.17) is 9.47 Å². The summed E-state index contributed by atoms with van der Waals surface area (Å²) >= 11 is 0. The summed E-state index contributed by atoms with van der Waals surface area (Å²) in [5.41, 5.74) is 1.76. The molecule has 1 heterocycles. The maximum atomic E-state index is 12.4. The lowest BCUT2D eigenvalue weighted by Gasteiger charge is -2.21. The molecule has 3 rings (SSSR count). The Labute approximate surface area is 148 Å². The number of hydrogen-bond donors (Lipinski definition) is 0. The van der Waals surface area contributed by atoms with Crippen molar-refractivity contribution in [2.24, 2.45) is 11.8 Å². The van der Waals surface area contributed by atoms with Crippen molar-refractivity contribution in [2.75, 3.05) is 25.2 Å². The molecule has 0 saturated carbocycles. The average molecular weight is 343 g/mol. The lowest BCUT2D eigenvalue weighted by Crippen LogP contribution is -2.27. The van der Waals surface area contributed by atoms with Crippen LogP contribution < -0.4 is 9.64 Å². The predicted molar refractivity (Wildman–Crippen MR) is 95.6 cm³/mol. The van der Waals surface area contributed by atoms with Gasteiger partial charge in [-0.3, -0.25) is 9.59 Å². The second kappa shape index (κ2) is 7.72. The Morgan fingerprint density at radius 3 is 2.88 bits per heavy atom. The average Bonchev–Trinajstić information content (AvgIpc) is 3.02. The van der Waals surface area contributed by atoms with Crippen molar-refractivity contribution in [3.8, 4) is 5.75 Å². The number of anilines is 1. The summed E-state index contributed by atoms with van der Waals surface area (Å²) in [6.45, 7) is 2.76. The fourth-order valence-electron chi connectivity index (χ4n) is 3.43. The van der Waals surface area contributed by atoms with Gasteiger partial charge in [0, 0.05) is 13.0 Å². The lowest BCUT2D eigenvalue weighted by atomic mass is 9.95. The Morgan fingerprint density at radius 1 is 1.32 bits per heavy atom. The highest BCUT2D eigenvalue weighted by Gasteiger charge is 2.37. The van der Waals surface area contributed by atoms with E-state index >= 15 is 0 Å². The molecule has 2 atom stereocenters. The van der Waals surface area contributed by atoms with Gasteiger partial charge in [0.25, 0.3) is 0 Å². The number of ether oxygens (including phenoxy) is 2. The molecule has 0 spiro atoms. The molecular formula is C20H25NO4. The Hall–Kier alpha value is -2.30. The number of aryl methyl sites for hydroxylation is 1. The highest BCUT2D eigenvalue weighted by atomic mass is 16.5. The van der Waals surface area contributed by atoms with Gasteiger partial charge in [-0.25, -0.2) is 0 Å². The van der Waals surface area contributed by atoms with Crippen molar-refractivity contribution in [1.29, 1.82) is 0 Å². The van der Waals surface area contributed by atoms with Gasteiger partial charge < -0.3 is 14.4 Å². The van der Waals surface area contributed by atoms with Gasteiger partial charge in [-0.15, -0.1) is 0 Å². The normalized spacial score (nSPS) is 23.0. The summed E-state index contributed by atoms with van der Waals surface area (Å²) in [7, 11) is 1.58. The number of methoxy groups -OCH3 is 1. The molecule has 25 heavy (non-hydrogen) atoms. The van der Waals surface area contributed by atoms with E-state index in [0.29, 0.717) is 24.8 Å². The first-order valence-electron chi connectivity index (χ1n) is 8.85. The highest BCUT2D eigenvalue weighted by Crippen LogP contribution is 2.34. The molecule has 0 N–H and O–H groups in total. The third kappa shape index (κ3) is 4.03. The maximum Gasteiger partial charge on any atom is 0.311 e. The van der Waals surface area contributed by atoms with E-state index in [2.05, 4.69) is 12.2 Å². The summed E-state index contributed by atoms with van der Waals surface area (Å²) in [4.78, 5) is 26.4. The van der Waals surface area contributed by atoms with Crippen molar-refractivity contribution in [2.45, 2.75) is 32.6 Å². The number of allylic oxidation sites excluding steroid dienone is 2. The van der Waals surface area contributed by atoms with Crippen molar-refractivity contribution in [1.82, 2.24) is 0 Å². The molecule has 1 aromatic carbocycles. The molecule has 5 nitrogen and oxygen atoms in total. The number of benzene rings is 1. The van der Waals surface area contributed by atoms with E-state index in [1.54, 1.807) is 12.0 Å². The molecule has 0 radical (unpaired) electrons. The minimum absolute atomic E-state index is 0.0635. The number of carbonyl (C=O) groups excluding carboxylic acids is 2. The Bertz CT molecular complexity index is 682. The standard InChI is InChI=1S/C20H25NO4/c1-14-8-9-18(24-2)17(10-14)21-12-16(11-19(21)22)20(23)25-13-15-6-4-3-5-7-15/h3-4,8-10,15-16H,5-7,11-13H2,1-2H3. The Morgan fingerprint density at radius 2 is 2.16 bits per heavy atom. The molecule has 1 aromatic rings. The quantitative estimate of drug-likeness (QED) is 0.608. The van der Waals surface area contributed by atoms with Gasteiger partial charge in [-0.2, -0.15) is 0 Å². The number of hydrogen-bond acceptors (Lipinski definition) is 4. The zero-order valence-electron chi connectivity index (χ0n) is 14.9. The number of esters is 1. The van der Waals surface area contributed by atoms with E-state index in [-0.39, 0.29) is 18.3 Å². The number of amides is 1. The third-order valence-corrected chi connectivity index (χ3v) is 4.92. The number of rotatable bonds is 5. The van der Waals surface area contributed by atoms with E-state index in [0.717, 1.165) is 30.5 Å². The monoisotopic (exact) mass is 343 g/mol. The first kappa shape index (κ1) is 17.5. The van der Waals surface area contributed by atoms with Crippen LogP contribution in [-0.4, -0.2) is 32.1 Å². The van der Waals surface area contributed by atoms with E-state index in [9.17, 15) is 9.59 Å². The van der Waals surface area contributed by atoms with Gasteiger partial charge in [0.1, 0.15) is 5.75 Å². The van der Waals surface area contributed by atoms with Crippen LogP contribution in [0, 0.1) is 18.8 Å². The molecule has 2 unspecified atom stereocenters. The van der Waals surface area contributed by atoms with Crippen molar-refractivity contribution >= 4 is 17.6 Å². The molecule has 1 fully saturated rings. The summed E-state index contributed by atoms with van der Waals surface area (Å²) in [6, 6.07) is 5.70. The molecule has 0 aromatic heterocycles. The van der Waals surface area contributed by atoms with Crippen LogP contribution >= 0.6 is 0 Å². The van der Waals surface area contributed by atoms with Gasteiger partial charge in [-0.1, -0.05) is 18.2 Å². The predicted octanol–water partition coefficient (Wildman–Crippen LogP) is 3.26. The van der Waals surface area contributed by atoms with Crippen LogP contribution in [-0.2, 0) is 14.3 Å². The zero-order chi connectivity index (χ0) is 17.8. The summed E-state index contributed by atoms with van der Waals surface area (Å²) in [5, 5.41) is 0. The second-order valence-electron chi connectivity index (χ2n) is 6.86. The van der Waals surface area contributed by atoms with Crippen molar-refractivity contribution in [3.63, 3.8) is 0 Å². The van der Waals surface area contributed by atoms with Crippen LogP contribution in [0.2, 0.25) is 0 Å². The number of carbonyl (C=O) groups is 2. The fourth-order valence-corrected chi connectivity index (χ4v) is 3.43. The second-order valence-corrected chi connectivity index (χ2v) is 6.86. The highest BCUT2D eigenvalue weighted by molar-refractivity contribution is 6.00. The van der Waals surface area contributed by atoms with Gasteiger partial charge in [0.05, 0.1) is 25.3 Å². The third-order valence-electron chi connectivity index (χ3n) is 4.92. The molecule has 1 aliphatic carbocycles. The Kier molecular flexibility index (Phi) is 5.41. The van der Waals surface area contributed by atoms with Gasteiger partial charge in [-0.05, 0) is 49.8 Å². The summed E-state index contributed by atoms with van der Waals surface area (Å²) in [6.07, 6.45) is 7.57. The van der Waals surface area contributed by atoms with Crippen molar-refractivity contribution in [3.05, 3.63) is 35.9 Å². The maximum absolute atomic E-state index is 12.4. The molecule has 0 bridgehead atoms. The molecule has 2 aliphatic rings. The van der Waals surface area contributed by atoms with Gasteiger partial charge in [0.2, 0.25) is 5.91 Å². The minimum atomic E-state index is -0.406. The van der Waals surface area contributed by atoms with E-state index < -0.39 is 5.92 Å². The van der Waals surface area contributed by atoms with Crippen LogP contribution in [0.5, 0.6) is 5.75 Å². The van der Waals surface area contributed by atoms with Crippen molar-refractivity contribution < 1.29 is 19.1 Å². The zero-order valence-corrected chi connectivity index (χ0v) is 14.9. The molecule has 1 amide bonds. The summed E-state index contributed by atoms with van der Waals surface area (Å²) < 4.78 is 10.9. The SMILES string of the molecule is COc1ccc(C)cc1N1CC(C(=O)OCC2CC=CCC2)CC1=O. The van der Waals surface area contributed by atoms with Gasteiger partial charge in [0.15, 0.2) is 0 Å². The minimum Gasteiger partial charge on any atom is -0.495 e. The Balaban J connectivity index is 1.63. The van der Waals surface area contributed by atoms with Crippen LogP contribution in [0.3, 0.4) is 0 Å². The molecule has 1 aliphatic heterocycles. The smallest absolute Gasteiger partial charge is 0.311 e. The fraction of sp³-hybridized carbons (Fsp3) is 0.500. The summed E-state index contributed by atoms with van der Waals surface area (Å²) in [5.74, 6) is 0.307. The van der Waals surface area contributed by atoms with Crippen LogP contribution in [0.1, 0.15) is 31.2 Å². The first-order chi connectivity index (χ1) is 12.1. The van der Waals surface area contributed by atoms with Crippen LogP contribution in [0.15, 0.2) is 30.4 Å². The van der Waals surface area contributed by atoms with E-state index in [1.807, 2.05) is 25.1 Å². The first-order valence-corrected chi connectivity index (χ1v) is 8.85. The lowest BCUT2D eigenvalue weighted by molar-refractivity contribution is -0.149. The molecular weight excluding hydrogens is 318 g/mol. The molecule has 134 valence electrons. The number of nitrogens with zero attached hydrogens (tertiary/aromatic N) is 1. The largest absolute Gasteiger partial charge is 0.495 e. The van der Waals surface area contributed by atoms with Gasteiger partial charge >= 0.3 is 5.97 Å². The van der Waals surface area contributed by atoms with E-state index in [1.165, 1.54) is 0 Å².